The molecule has 7 amide bonds. The summed E-state index contributed by atoms with van der Waals surface area (Å²) in [5.74, 6) is -7.20. The van der Waals surface area contributed by atoms with Crippen LogP contribution in [0.3, 0.4) is 0 Å². The number of aliphatic hydroxyl groups excluding tert-OH is 1. The van der Waals surface area contributed by atoms with E-state index in [0.29, 0.717) is 17.5 Å². The number of carbonyl (C=O) groups is 8. The average Bonchev–Trinajstić information content (AvgIpc) is 3.74. The molecule has 13 N–H and O–H groups in total. The lowest BCUT2D eigenvalue weighted by atomic mass is 10.0. The molecular weight excluding hydrogens is 983 g/mol. The number of benzene rings is 3. The van der Waals surface area contributed by atoms with Crippen LogP contribution in [0.15, 0.2) is 85.1 Å². The number of para-hydroxylation sites is 1. The van der Waals surface area contributed by atoms with E-state index in [4.69, 9.17) is 10.5 Å². The Morgan fingerprint density at radius 2 is 1.37 bits per heavy atom. The number of alkyl carbamates (subject to hydrolysis) is 1. The van der Waals surface area contributed by atoms with Crippen LogP contribution >= 0.6 is 21.6 Å². The van der Waals surface area contributed by atoms with E-state index < -0.39 is 102 Å². The van der Waals surface area contributed by atoms with Gasteiger partial charge in [0.15, 0.2) is 0 Å². The van der Waals surface area contributed by atoms with Crippen LogP contribution in [0.2, 0.25) is 0 Å². The fourth-order valence-corrected chi connectivity index (χ4v) is 9.94. The number of H-pyrrole nitrogens is 1. The number of carbonyl (C=O) groups excluding carboxylic acids is 7. The summed E-state index contributed by atoms with van der Waals surface area (Å²) in [4.78, 5) is 113. The first-order valence-electron chi connectivity index (χ1n) is 23.7. The number of aromatic amines is 1. The number of carboxylic acid groups (broad SMARTS) is 1. The molecule has 0 saturated carbocycles. The molecule has 0 bridgehead atoms. The number of phenols is 1. The zero-order chi connectivity index (χ0) is 53.2. The van der Waals surface area contributed by atoms with Crippen LogP contribution in [0.4, 0.5) is 4.79 Å². The van der Waals surface area contributed by atoms with E-state index in [9.17, 15) is 53.7 Å². The molecule has 1 aliphatic heterocycles. The number of nitrogens with one attached hydrogen (secondary N) is 8. The van der Waals surface area contributed by atoms with Crippen molar-refractivity contribution in [1.29, 1.82) is 0 Å². The van der Waals surface area contributed by atoms with Crippen molar-refractivity contribution in [3.63, 3.8) is 0 Å². The van der Waals surface area contributed by atoms with E-state index in [1.54, 1.807) is 75.5 Å². The summed E-state index contributed by atoms with van der Waals surface area (Å²) in [6.07, 6.45) is -0.326. The highest BCUT2D eigenvalue weighted by Gasteiger charge is 2.36. The van der Waals surface area contributed by atoms with Crippen LogP contribution in [-0.4, -0.2) is 140 Å². The molecule has 0 radical (unpaired) electrons. The highest BCUT2D eigenvalue weighted by Crippen LogP contribution is 2.24. The predicted molar refractivity (Wildman–Crippen MR) is 276 cm³/mol. The number of aromatic hydroxyl groups is 1. The SMILES string of the molecule is C[C@@H](O)[C@@H]1NC(=O)[C@H](CCCCNC(=O)OC(C)(C)C)NC(=O)[C@@H](Cc2c[nH]c3ccccc23)NC(=O)[C@H](Cc2ccc(O)cc2)NC(=O)[C@@H](NC(=O)[C@H](N)Cc2ccccc2)CSSC[C@@H](C(=O)O)NC1=O. The molecule has 1 fully saturated rings. The fraction of sp³-hybridized carbons (Fsp3) is 0.440. The third-order valence-corrected chi connectivity index (χ3v) is 13.9. The molecule has 0 spiro atoms. The summed E-state index contributed by atoms with van der Waals surface area (Å²) in [6.45, 7) is 6.46. The number of amides is 7. The smallest absolute Gasteiger partial charge is 0.407 e. The van der Waals surface area contributed by atoms with E-state index in [-0.39, 0.29) is 55.9 Å². The molecule has 1 aromatic heterocycles. The molecule has 394 valence electrons. The van der Waals surface area contributed by atoms with Gasteiger partial charge in [-0.05, 0) is 88.3 Å². The number of hydrogen-bond acceptors (Lipinski definition) is 14. The molecule has 21 nitrogen and oxygen atoms in total. The van der Waals surface area contributed by atoms with Crippen LogP contribution in [0.25, 0.3) is 10.9 Å². The number of carboxylic acids is 1. The van der Waals surface area contributed by atoms with Crippen molar-refractivity contribution in [1.82, 2.24) is 42.2 Å². The quantitative estimate of drug-likeness (QED) is 0.0596. The summed E-state index contributed by atoms with van der Waals surface area (Å²) in [5.41, 5.74) is 8.14. The Morgan fingerprint density at radius 3 is 2.04 bits per heavy atom. The minimum atomic E-state index is -1.71. The van der Waals surface area contributed by atoms with Gasteiger partial charge in [-0.15, -0.1) is 0 Å². The second-order valence-corrected chi connectivity index (χ2v) is 21.1. The van der Waals surface area contributed by atoms with Gasteiger partial charge in [-0.25, -0.2) is 9.59 Å². The van der Waals surface area contributed by atoms with E-state index in [1.165, 1.54) is 19.1 Å². The Balaban J connectivity index is 1.53. The first-order valence-corrected chi connectivity index (χ1v) is 26.2. The molecule has 23 heteroatoms. The van der Waals surface area contributed by atoms with Gasteiger partial charge in [0.25, 0.3) is 0 Å². The van der Waals surface area contributed by atoms with Crippen molar-refractivity contribution in [2.24, 2.45) is 5.73 Å². The molecule has 0 aliphatic carbocycles. The number of nitrogens with two attached hydrogens (primary N) is 1. The first-order chi connectivity index (χ1) is 34.7. The number of rotatable bonds is 15. The third-order valence-electron chi connectivity index (χ3n) is 11.5. The molecule has 8 atom stereocenters. The highest BCUT2D eigenvalue weighted by atomic mass is 33.1. The van der Waals surface area contributed by atoms with Gasteiger partial charge in [0.1, 0.15) is 47.6 Å². The summed E-state index contributed by atoms with van der Waals surface area (Å²) in [6, 6.07) is 12.0. The van der Waals surface area contributed by atoms with Crippen molar-refractivity contribution < 1.29 is 58.4 Å². The molecule has 3 aromatic carbocycles. The Labute approximate surface area is 430 Å². The largest absolute Gasteiger partial charge is 0.508 e. The van der Waals surface area contributed by atoms with Gasteiger partial charge in [-0.2, -0.15) is 0 Å². The maximum absolute atomic E-state index is 14.8. The van der Waals surface area contributed by atoms with E-state index >= 15 is 0 Å². The zero-order valence-corrected chi connectivity index (χ0v) is 42.6. The standard InChI is InChI=1S/C50H65N9O12S2/c1-28(60)41-47(67)58-40(48(68)69)27-73-72-26-39(57-42(62)34(51)22-29-12-6-5-7-13-29)46(66)55-37(23-30-17-19-32(61)20-18-30)44(64)56-38(24-31-25-53-35-15-9-8-14-33(31)35)45(65)54-36(43(63)59-41)16-10-11-21-52-49(70)71-50(2,3)4/h5-9,12-15,17-20,25,28,34,36-41,53,60-61H,10-11,16,21-24,26-27,51H2,1-4H3,(H,52,70)(H,54,65)(H,55,66)(H,56,64)(H,57,62)(H,58,67)(H,59,63)(H,68,69)/t28-,34-,36+,37+,38-,39+,40+,41+/m1/s1. The lowest BCUT2D eigenvalue weighted by Gasteiger charge is -2.28. The molecule has 1 saturated heterocycles. The number of hydrogen-bond donors (Lipinski definition) is 12. The van der Waals surface area contributed by atoms with Crippen LogP contribution in [0, 0.1) is 0 Å². The van der Waals surface area contributed by atoms with Gasteiger partial charge in [-0.1, -0.05) is 82.3 Å². The molecule has 73 heavy (non-hydrogen) atoms. The lowest BCUT2D eigenvalue weighted by Crippen LogP contribution is -2.61. The summed E-state index contributed by atoms with van der Waals surface area (Å²) < 4.78 is 5.30. The third kappa shape index (κ3) is 18.3. The Kier molecular flexibility index (Phi) is 21.3. The van der Waals surface area contributed by atoms with E-state index in [2.05, 4.69) is 42.2 Å². The lowest BCUT2D eigenvalue weighted by molar-refractivity contribution is -0.142. The maximum atomic E-state index is 14.8. The van der Waals surface area contributed by atoms with Crippen molar-refractivity contribution in [2.75, 3.05) is 18.1 Å². The zero-order valence-electron chi connectivity index (χ0n) is 41.0. The number of phenolic OH excluding ortho intramolecular Hbond substituents is 1. The van der Waals surface area contributed by atoms with Crippen LogP contribution in [0.5, 0.6) is 5.75 Å². The number of aliphatic hydroxyl groups is 1. The van der Waals surface area contributed by atoms with Crippen molar-refractivity contribution in [3.8, 4) is 5.75 Å². The molecule has 1 aliphatic rings. The van der Waals surface area contributed by atoms with Crippen molar-refractivity contribution in [2.45, 2.75) is 120 Å². The van der Waals surface area contributed by atoms with Gasteiger partial charge in [0.2, 0.25) is 35.4 Å². The van der Waals surface area contributed by atoms with E-state index in [0.717, 1.165) is 38.1 Å². The number of aromatic nitrogens is 1. The Morgan fingerprint density at radius 1 is 0.753 bits per heavy atom. The van der Waals surface area contributed by atoms with Crippen molar-refractivity contribution >= 4 is 80.0 Å². The molecule has 0 unspecified atom stereocenters. The van der Waals surface area contributed by atoms with Crippen molar-refractivity contribution in [3.05, 3.63) is 102 Å². The Hall–Kier alpha value is -6.82. The van der Waals surface area contributed by atoms with Gasteiger partial charge in [0, 0.05) is 48.0 Å². The topological polar surface area (TPSA) is 332 Å². The van der Waals surface area contributed by atoms with Gasteiger partial charge < -0.3 is 68.0 Å². The second-order valence-electron chi connectivity index (χ2n) is 18.6. The average molecular weight is 1050 g/mol. The highest BCUT2D eigenvalue weighted by molar-refractivity contribution is 8.76. The summed E-state index contributed by atoms with van der Waals surface area (Å²) in [7, 11) is 1.92. The van der Waals surface area contributed by atoms with Crippen LogP contribution < -0.4 is 43.0 Å². The minimum Gasteiger partial charge on any atom is -0.508 e. The number of fused-ring (bicyclic) bond motifs is 1. The number of aliphatic carboxylic acids is 1. The molecular formula is C50H65N9O12S2. The van der Waals surface area contributed by atoms with Gasteiger partial charge >= 0.3 is 12.1 Å². The minimum absolute atomic E-state index is 0.0598. The second kappa shape index (κ2) is 27.3. The van der Waals surface area contributed by atoms with Crippen LogP contribution in [0.1, 0.15) is 63.6 Å². The fourth-order valence-electron chi connectivity index (χ4n) is 7.62. The number of unbranched alkanes of at least 4 members (excludes halogenated alkanes) is 1. The van der Waals surface area contributed by atoms with E-state index in [1.807, 2.05) is 18.2 Å². The Bertz CT molecular complexity index is 2540. The summed E-state index contributed by atoms with van der Waals surface area (Å²) >= 11 is 0. The predicted octanol–water partition coefficient (Wildman–Crippen LogP) is 1.69. The molecule has 5 rings (SSSR count). The van der Waals surface area contributed by atoms with Crippen LogP contribution in [-0.2, 0) is 57.6 Å². The first kappa shape index (κ1) is 57.1. The molecule has 2 heterocycles. The van der Waals surface area contributed by atoms with Gasteiger partial charge in [0.05, 0.1) is 12.1 Å². The van der Waals surface area contributed by atoms with Gasteiger partial charge in [-0.3, -0.25) is 28.8 Å². The maximum Gasteiger partial charge on any atom is 0.407 e. The number of ether oxygens (including phenoxy) is 1. The molecule has 4 aromatic rings. The monoisotopic (exact) mass is 1050 g/mol. The summed E-state index contributed by atoms with van der Waals surface area (Å²) in [5, 5.41) is 50.1. The normalized spacial score (nSPS) is 21.8.